The molecule has 22 heavy (non-hydrogen) atoms. The number of benzene rings is 2. The molecule has 0 amide bonds. The van der Waals surface area contributed by atoms with E-state index in [2.05, 4.69) is 62.4 Å². The fourth-order valence-electron chi connectivity index (χ4n) is 3.58. The molecule has 0 aliphatic heterocycles. The van der Waals surface area contributed by atoms with Crippen molar-refractivity contribution >= 4 is 0 Å². The molecule has 1 atom stereocenters. The van der Waals surface area contributed by atoms with Gasteiger partial charge in [-0.05, 0) is 49.1 Å². The van der Waals surface area contributed by atoms with Gasteiger partial charge >= 0.3 is 0 Å². The zero-order valence-electron chi connectivity index (χ0n) is 14.2. The average molecular weight is 296 g/mol. The third kappa shape index (κ3) is 4.45. The molecule has 0 bridgehead atoms. The topological polar surface area (TPSA) is 20.2 Å². The molecule has 1 heteroatoms. The summed E-state index contributed by atoms with van der Waals surface area (Å²) in [4.78, 5) is 0. The first-order chi connectivity index (χ1) is 10.3. The summed E-state index contributed by atoms with van der Waals surface area (Å²) in [6.07, 6.45) is 1.86. The van der Waals surface area contributed by atoms with Crippen LogP contribution < -0.4 is 0 Å². The highest BCUT2D eigenvalue weighted by Gasteiger charge is 2.39. The lowest BCUT2D eigenvalue weighted by Crippen LogP contribution is -2.43. The molecule has 0 radical (unpaired) electrons. The molecular formula is C21H28O. The van der Waals surface area contributed by atoms with Crippen molar-refractivity contribution in [2.75, 3.05) is 0 Å². The molecule has 118 valence electrons. The van der Waals surface area contributed by atoms with Crippen LogP contribution in [-0.4, -0.2) is 10.7 Å². The summed E-state index contributed by atoms with van der Waals surface area (Å²) < 4.78 is 0. The molecule has 0 spiro atoms. The van der Waals surface area contributed by atoms with E-state index in [9.17, 15) is 5.11 Å². The summed E-state index contributed by atoms with van der Waals surface area (Å²) in [6.45, 7) is 8.41. The Bertz CT molecular complexity index is 564. The Morgan fingerprint density at radius 1 is 0.773 bits per heavy atom. The van der Waals surface area contributed by atoms with E-state index in [1.54, 1.807) is 0 Å². The quantitative estimate of drug-likeness (QED) is 0.805. The van der Waals surface area contributed by atoms with Gasteiger partial charge in [0.1, 0.15) is 0 Å². The smallest absolute Gasteiger partial charge is 0.0628 e. The van der Waals surface area contributed by atoms with E-state index in [0.29, 0.717) is 0 Å². The zero-order valence-corrected chi connectivity index (χ0v) is 14.2. The van der Waals surface area contributed by atoms with Crippen molar-refractivity contribution in [2.24, 2.45) is 11.3 Å². The number of aliphatic hydroxyl groups is 1. The lowest BCUT2D eigenvalue weighted by molar-refractivity contribution is -0.0383. The van der Waals surface area contributed by atoms with Crippen LogP contribution in [0, 0.1) is 11.3 Å². The van der Waals surface area contributed by atoms with Gasteiger partial charge in [-0.15, -0.1) is 0 Å². The third-order valence-electron chi connectivity index (χ3n) is 4.58. The fourth-order valence-corrected chi connectivity index (χ4v) is 3.58. The van der Waals surface area contributed by atoms with Crippen molar-refractivity contribution in [3.05, 3.63) is 71.8 Å². The standard InChI is InChI=1S/C21H28O/c1-20(2,16-18-13-9-6-10-14-18)19(21(3,4)22)15-17-11-7-5-8-12-17/h5-14,19,22H,15-16H2,1-4H3. The molecule has 1 nitrogen and oxygen atoms in total. The van der Waals surface area contributed by atoms with E-state index in [1.165, 1.54) is 11.1 Å². The van der Waals surface area contributed by atoms with Crippen LogP contribution in [0.1, 0.15) is 38.8 Å². The second-order valence-electron chi connectivity index (χ2n) is 7.55. The van der Waals surface area contributed by atoms with Crippen molar-refractivity contribution in [3.8, 4) is 0 Å². The van der Waals surface area contributed by atoms with E-state index in [1.807, 2.05) is 26.0 Å². The summed E-state index contributed by atoms with van der Waals surface area (Å²) in [6, 6.07) is 21.0. The molecule has 0 aliphatic carbocycles. The molecule has 1 N–H and O–H groups in total. The zero-order chi connectivity index (χ0) is 16.2. The minimum Gasteiger partial charge on any atom is -0.390 e. The second-order valence-corrected chi connectivity index (χ2v) is 7.55. The molecule has 0 saturated carbocycles. The Morgan fingerprint density at radius 3 is 1.68 bits per heavy atom. The van der Waals surface area contributed by atoms with Crippen molar-refractivity contribution in [3.63, 3.8) is 0 Å². The minimum absolute atomic E-state index is 0.00937. The molecule has 0 aromatic heterocycles. The summed E-state index contributed by atoms with van der Waals surface area (Å²) in [5.74, 6) is 0.183. The summed E-state index contributed by atoms with van der Waals surface area (Å²) >= 11 is 0. The SMILES string of the molecule is CC(C)(O)C(Cc1ccccc1)C(C)(C)Cc1ccccc1. The van der Waals surface area contributed by atoms with E-state index in [4.69, 9.17) is 0 Å². The van der Waals surface area contributed by atoms with Gasteiger partial charge < -0.3 is 5.11 Å². The van der Waals surface area contributed by atoms with Crippen molar-refractivity contribution < 1.29 is 5.11 Å². The van der Waals surface area contributed by atoms with E-state index >= 15 is 0 Å². The highest BCUT2D eigenvalue weighted by molar-refractivity contribution is 5.19. The number of hydrogen-bond acceptors (Lipinski definition) is 1. The predicted octanol–water partition coefficient (Wildman–Crippen LogP) is 4.89. The average Bonchev–Trinajstić information content (AvgIpc) is 2.45. The molecule has 2 aromatic carbocycles. The molecule has 2 aromatic rings. The molecule has 0 saturated heterocycles. The van der Waals surface area contributed by atoms with Crippen LogP contribution in [0.2, 0.25) is 0 Å². The van der Waals surface area contributed by atoms with Crippen LogP contribution in [0.15, 0.2) is 60.7 Å². The molecular weight excluding hydrogens is 268 g/mol. The van der Waals surface area contributed by atoms with Crippen molar-refractivity contribution in [2.45, 2.75) is 46.1 Å². The first kappa shape index (κ1) is 16.8. The Hall–Kier alpha value is -1.60. The monoisotopic (exact) mass is 296 g/mol. The van der Waals surface area contributed by atoms with Gasteiger partial charge in [0.05, 0.1) is 5.60 Å². The van der Waals surface area contributed by atoms with Crippen molar-refractivity contribution in [1.29, 1.82) is 0 Å². The Morgan fingerprint density at radius 2 is 1.23 bits per heavy atom. The summed E-state index contributed by atoms with van der Waals surface area (Å²) in [7, 11) is 0. The highest BCUT2D eigenvalue weighted by Crippen LogP contribution is 2.40. The molecule has 1 unspecified atom stereocenters. The first-order valence-corrected chi connectivity index (χ1v) is 8.09. The number of rotatable bonds is 6. The van der Waals surface area contributed by atoms with Crippen LogP contribution >= 0.6 is 0 Å². The fraction of sp³-hybridized carbons (Fsp3) is 0.429. The van der Waals surface area contributed by atoms with Crippen LogP contribution in [0.5, 0.6) is 0 Å². The van der Waals surface area contributed by atoms with Gasteiger partial charge in [0.15, 0.2) is 0 Å². The maximum absolute atomic E-state index is 10.8. The van der Waals surface area contributed by atoms with Gasteiger partial charge in [0, 0.05) is 0 Å². The van der Waals surface area contributed by atoms with Crippen LogP contribution in [0.3, 0.4) is 0 Å². The largest absolute Gasteiger partial charge is 0.390 e. The summed E-state index contributed by atoms with van der Waals surface area (Å²) in [5.41, 5.74) is 1.91. The summed E-state index contributed by atoms with van der Waals surface area (Å²) in [5, 5.41) is 10.8. The number of hydrogen-bond donors (Lipinski definition) is 1. The lowest BCUT2D eigenvalue weighted by Gasteiger charge is -2.42. The van der Waals surface area contributed by atoms with Crippen LogP contribution in [0.4, 0.5) is 0 Å². The van der Waals surface area contributed by atoms with Gasteiger partial charge in [0.25, 0.3) is 0 Å². The normalized spacial score (nSPS) is 13.9. The van der Waals surface area contributed by atoms with E-state index < -0.39 is 5.60 Å². The minimum atomic E-state index is -0.714. The first-order valence-electron chi connectivity index (χ1n) is 8.09. The van der Waals surface area contributed by atoms with Gasteiger partial charge in [0.2, 0.25) is 0 Å². The Balaban J connectivity index is 2.24. The van der Waals surface area contributed by atoms with Crippen molar-refractivity contribution in [1.82, 2.24) is 0 Å². The van der Waals surface area contributed by atoms with Gasteiger partial charge in [-0.3, -0.25) is 0 Å². The van der Waals surface area contributed by atoms with Crippen LogP contribution in [-0.2, 0) is 12.8 Å². The van der Waals surface area contributed by atoms with Crippen LogP contribution in [0.25, 0.3) is 0 Å². The maximum atomic E-state index is 10.8. The van der Waals surface area contributed by atoms with E-state index in [-0.39, 0.29) is 11.3 Å². The third-order valence-corrected chi connectivity index (χ3v) is 4.58. The highest BCUT2D eigenvalue weighted by atomic mass is 16.3. The Kier molecular flexibility index (Phi) is 5.08. The Labute approximate surface area is 135 Å². The molecule has 0 aliphatic rings. The van der Waals surface area contributed by atoms with Gasteiger partial charge in [-0.1, -0.05) is 74.5 Å². The van der Waals surface area contributed by atoms with Gasteiger partial charge in [-0.2, -0.15) is 0 Å². The molecule has 0 fully saturated rings. The van der Waals surface area contributed by atoms with E-state index in [0.717, 1.165) is 12.8 Å². The maximum Gasteiger partial charge on any atom is 0.0628 e. The van der Waals surface area contributed by atoms with Gasteiger partial charge in [-0.25, -0.2) is 0 Å². The molecule has 0 heterocycles. The molecule has 2 rings (SSSR count). The lowest BCUT2D eigenvalue weighted by atomic mass is 9.65. The predicted molar refractivity (Wildman–Crippen MR) is 93.9 cm³/mol. The second kappa shape index (κ2) is 6.66.